The van der Waals surface area contributed by atoms with Crippen LogP contribution >= 0.6 is 11.8 Å². The molecule has 3 rings (SSSR count). The number of nitrogens with zero attached hydrogens (tertiary/aromatic N) is 2. The van der Waals surface area contributed by atoms with Gasteiger partial charge in [0, 0.05) is 38.4 Å². The summed E-state index contributed by atoms with van der Waals surface area (Å²) in [4.78, 5) is 28.0. The highest BCUT2D eigenvalue weighted by atomic mass is 32.2. The van der Waals surface area contributed by atoms with Crippen LogP contribution in [0.3, 0.4) is 0 Å². The van der Waals surface area contributed by atoms with Crippen molar-refractivity contribution < 1.29 is 14.3 Å². The van der Waals surface area contributed by atoms with Gasteiger partial charge in [0.25, 0.3) is 0 Å². The summed E-state index contributed by atoms with van der Waals surface area (Å²) in [6, 6.07) is 0. The summed E-state index contributed by atoms with van der Waals surface area (Å²) >= 11 is 1.92. The molecule has 0 radical (unpaired) electrons. The van der Waals surface area contributed by atoms with E-state index in [4.69, 9.17) is 4.74 Å². The van der Waals surface area contributed by atoms with E-state index in [1.54, 1.807) is 0 Å². The Bertz CT molecular complexity index is 457. The van der Waals surface area contributed by atoms with Crippen LogP contribution in [0.15, 0.2) is 0 Å². The van der Waals surface area contributed by atoms with Crippen LogP contribution in [0.25, 0.3) is 0 Å². The maximum atomic E-state index is 12.1. The van der Waals surface area contributed by atoms with Gasteiger partial charge in [0.2, 0.25) is 11.8 Å². The number of ether oxygens (including phenoxy) is 1. The summed E-state index contributed by atoms with van der Waals surface area (Å²) in [7, 11) is 0. The molecular weight excluding hydrogens is 312 g/mol. The first-order valence-electron chi connectivity index (χ1n) is 8.78. The molecule has 1 spiro atoms. The van der Waals surface area contributed by atoms with Crippen molar-refractivity contribution in [3.8, 4) is 0 Å². The molecule has 0 aromatic carbocycles. The molecule has 3 aliphatic rings. The second-order valence-electron chi connectivity index (χ2n) is 7.57. The molecule has 130 valence electrons. The first kappa shape index (κ1) is 17.1. The van der Waals surface area contributed by atoms with Crippen LogP contribution in [0.5, 0.6) is 0 Å². The highest BCUT2D eigenvalue weighted by molar-refractivity contribution is 8.01. The summed E-state index contributed by atoms with van der Waals surface area (Å²) in [5.41, 5.74) is 0. The zero-order chi connectivity index (χ0) is 16.4. The fraction of sp³-hybridized carbons (Fsp3) is 0.882. The predicted octanol–water partition coefficient (Wildman–Crippen LogP) is 1.76. The van der Waals surface area contributed by atoms with Crippen molar-refractivity contribution in [2.75, 3.05) is 38.5 Å². The third kappa shape index (κ3) is 4.02. The number of rotatable bonds is 5. The predicted molar refractivity (Wildman–Crippen MR) is 91.4 cm³/mol. The molecule has 0 N–H and O–H groups in total. The van der Waals surface area contributed by atoms with Gasteiger partial charge in [-0.05, 0) is 25.2 Å². The van der Waals surface area contributed by atoms with Crippen molar-refractivity contribution in [2.45, 2.75) is 50.4 Å². The monoisotopic (exact) mass is 340 g/mol. The van der Waals surface area contributed by atoms with Crippen molar-refractivity contribution in [3.05, 3.63) is 0 Å². The first-order valence-corrected chi connectivity index (χ1v) is 9.77. The van der Waals surface area contributed by atoms with E-state index in [0.717, 1.165) is 51.2 Å². The maximum absolute atomic E-state index is 12.1. The van der Waals surface area contributed by atoms with E-state index < -0.39 is 0 Å². The largest absolute Gasteiger partial charge is 0.367 e. The molecule has 1 atom stereocenters. The van der Waals surface area contributed by atoms with Crippen molar-refractivity contribution in [3.63, 3.8) is 0 Å². The van der Waals surface area contributed by atoms with Gasteiger partial charge < -0.3 is 14.5 Å². The number of carbonyl (C=O) groups is 2. The molecule has 0 aromatic heterocycles. The molecule has 23 heavy (non-hydrogen) atoms. The molecule has 0 aliphatic carbocycles. The van der Waals surface area contributed by atoms with Crippen LogP contribution in [0.2, 0.25) is 0 Å². The molecular formula is C17H28N2O3S. The highest BCUT2D eigenvalue weighted by Crippen LogP contribution is 2.46. The van der Waals surface area contributed by atoms with Crippen molar-refractivity contribution in [1.29, 1.82) is 0 Å². The lowest BCUT2D eigenvalue weighted by Gasteiger charge is -2.47. The quantitative estimate of drug-likeness (QED) is 0.765. The third-order valence-electron chi connectivity index (χ3n) is 4.97. The fourth-order valence-corrected chi connectivity index (χ4v) is 5.23. The minimum atomic E-state index is 0.135. The molecule has 0 unspecified atom stereocenters. The van der Waals surface area contributed by atoms with Gasteiger partial charge in [-0.1, -0.05) is 13.8 Å². The van der Waals surface area contributed by atoms with Crippen LogP contribution < -0.4 is 0 Å². The average molecular weight is 340 g/mol. The number of likely N-dealkylation sites (tertiary alicyclic amines) is 2. The van der Waals surface area contributed by atoms with E-state index in [0.29, 0.717) is 12.3 Å². The van der Waals surface area contributed by atoms with Crippen molar-refractivity contribution in [2.24, 2.45) is 5.92 Å². The van der Waals surface area contributed by atoms with Gasteiger partial charge in [0.05, 0.1) is 10.9 Å². The van der Waals surface area contributed by atoms with Gasteiger partial charge in [0.1, 0.15) is 6.61 Å². The normalized spacial score (nSPS) is 26.1. The van der Waals surface area contributed by atoms with E-state index >= 15 is 0 Å². The van der Waals surface area contributed by atoms with Gasteiger partial charge in [-0.15, -0.1) is 11.8 Å². The third-order valence-corrected chi connectivity index (χ3v) is 6.55. The van der Waals surface area contributed by atoms with Gasteiger partial charge in [-0.25, -0.2) is 0 Å². The second-order valence-corrected chi connectivity index (χ2v) is 9.05. The molecule has 3 heterocycles. The standard InChI is InChI=1S/C17H28N2O3S/c1-13(2)7-15(20)19-11-17(12-19)8-14(10-23-17)22-9-16(21)18-5-3-4-6-18/h13-14H,3-12H2,1-2H3/t14-/m1/s1. The molecule has 0 saturated carbocycles. The Morgan fingerprint density at radius 2 is 1.87 bits per heavy atom. The number of amides is 2. The molecule has 5 nitrogen and oxygen atoms in total. The summed E-state index contributed by atoms with van der Waals surface area (Å²) < 4.78 is 6.04. The van der Waals surface area contributed by atoms with Crippen LogP contribution in [-0.2, 0) is 14.3 Å². The number of hydrogen-bond acceptors (Lipinski definition) is 4. The highest BCUT2D eigenvalue weighted by Gasteiger charge is 2.50. The zero-order valence-corrected chi connectivity index (χ0v) is 15.1. The minimum absolute atomic E-state index is 0.135. The molecule has 3 saturated heterocycles. The Morgan fingerprint density at radius 1 is 1.17 bits per heavy atom. The minimum Gasteiger partial charge on any atom is -0.367 e. The van der Waals surface area contributed by atoms with E-state index in [2.05, 4.69) is 13.8 Å². The van der Waals surface area contributed by atoms with E-state index in [1.807, 2.05) is 21.6 Å². The second kappa shape index (κ2) is 7.01. The summed E-state index contributed by atoms with van der Waals surface area (Å²) in [5, 5.41) is 0. The first-order chi connectivity index (χ1) is 11.0. The number of carbonyl (C=O) groups excluding carboxylic acids is 2. The zero-order valence-electron chi connectivity index (χ0n) is 14.3. The van der Waals surface area contributed by atoms with Gasteiger partial charge in [0.15, 0.2) is 0 Å². The van der Waals surface area contributed by atoms with E-state index in [9.17, 15) is 9.59 Å². The van der Waals surface area contributed by atoms with Gasteiger partial charge >= 0.3 is 0 Å². The Labute approximate surface area is 143 Å². The summed E-state index contributed by atoms with van der Waals surface area (Å²) in [6.45, 7) is 7.86. The Kier molecular flexibility index (Phi) is 5.21. The van der Waals surface area contributed by atoms with Crippen LogP contribution in [0, 0.1) is 5.92 Å². The number of thioether (sulfide) groups is 1. The lowest BCUT2D eigenvalue weighted by atomic mass is 9.92. The molecule has 0 aromatic rings. The molecule has 0 bridgehead atoms. The molecule has 3 fully saturated rings. The van der Waals surface area contributed by atoms with Crippen LogP contribution in [-0.4, -0.2) is 71.0 Å². The Morgan fingerprint density at radius 3 is 2.52 bits per heavy atom. The van der Waals surface area contributed by atoms with Crippen LogP contribution in [0.4, 0.5) is 0 Å². The number of hydrogen-bond donors (Lipinski definition) is 0. The molecule has 3 aliphatic heterocycles. The molecule has 2 amide bonds. The SMILES string of the molecule is CC(C)CC(=O)N1CC2(C[C@@H](OCC(=O)N3CCCC3)CS2)C1. The van der Waals surface area contributed by atoms with Crippen molar-refractivity contribution in [1.82, 2.24) is 9.80 Å². The Hall–Kier alpha value is -0.750. The topological polar surface area (TPSA) is 49.9 Å². The van der Waals surface area contributed by atoms with Gasteiger partial charge in [-0.2, -0.15) is 0 Å². The van der Waals surface area contributed by atoms with Crippen LogP contribution in [0.1, 0.15) is 39.5 Å². The lowest BCUT2D eigenvalue weighted by molar-refractivity contribution is -0.138. The van der Waals surface area contributed by atoms with Gasteiger partial charge in [-0.3, -0.25) is 9.59 Å². The lowest BCUT2D eigenvalue weighted by Crippen LogP contribution is -2.60. The Balaban J connectivity index is 1.38. The maximum Gasteiger partial charge on any atom is 0.248 e. The average Bonchev–Trinajstić information content (AvgIpc) is 3.11. The molecule has 6 heteroatoms. The van der Waals surface area contributed by atoms with E-state index in [1.165, 1.54) is 0 Å². The smallest absolute Gasteiger partial charge is 0.248 e. The van der Waals surface area contributed by atoms with E-state index in [-0.39, 0.29) is 29.3 Å². The summed E-state index contributed by atoms with van der Waals surface area (Å²) in [5.74, 6) is 1.78. The van der Waals surface area contributed by atoms with Crippen molar-refractivity contribution >= 4 is 23.6 Å². The fourth-order valence-electron chi connectivity index (χ4n) is 3.68. The summed E-state index contributed by atoms with van der Waals surface area (Å²) in [6.07, 6.45) is 4.01.